The molecule has 2 N–H and O–H groups in total. The molecule has 0 aliphatic heterocycles. The number of thiophene rings is 1. The summed E-state index contributed by atoms with van der Waals surface area (Å²) in [6, 6.07) is 0. The Bertz CT molecular complexity index is 384. The van der Waals surface area contributed by atoms with Gasteiger partial charge in [-0.1, -0.05) is 0 Å². The zero-order valence-corrected chi connectivity index (χ0v) is 10.2. The number of amides is 1. The predicted molar refractivity (Wildman–Crippen MR) is 58.7 cm³/mol. The van der Waals surface area contributed by atoms with Crippen LogP contribution in [-0.4, -0.2) is 23.2 Å². The van der Waals surface area contributed by atoms with Crippen LogP contribution in [0.2, 0.25) is 0 Å². The fourth-order valence-electron chi connectivity index (χ4n) is 0.908. The first-order chi connectivity index (χ1) is 7.31. The minimum atomic E-state index is -1.04. The standard InChI is InChI=1S/C10H14FNO3S/c1-6-4-16-8(7(6)11)9(13)12-15-5-10(2,3)14/h4,14H,5H2,1-3H3,(H,12,13). The van der Waals surface area contributed by atoms with Gasteiger partial charge in [0.1, 0.15) is 17.3 Å². The third kappa shape index (κ3) is 3.55. The van der Waals surface area contributed by atoms with Crippen LogP contribution < -0.4 is 5.48 Å². The molecule has 1 rings (SSSR count). The Kier molecular flexibility index (Phi) is 4.01. The second-order valence-electron chi connectivity index (χ2n) is 4.09. The maximum absolute atomic E-state index is 13.3. The number of halogens is 1. The number of carbonyl (C=O) groups is 1. The highest BCUT2D eigenvalue weighted by Crippen LogP contribution is 2.19. The number of hydroxylamine groups is 1. The normalized spacial score (nSPS) is 11.6. The van der Waals surface area contributed by atoms with Gasteiger partial charge >= 0.3 is 0 Å². The van der Waals surface area contributed by atoms with Crippen molar-refractivity contribution < 1.29 is 19.1 Å². The Morgan fingerprint density at radius 1 is 1.69 bits per heavy atom. The molecule has 0 fully saturated rings. The average molecular weight is 247 g/mol. The molecular weight excluding hydrogens is 233 g/mol. The molecule has 90 valence electrons. The van der Waals surface area contributed by atoms with E-state index in [9.17, 15) is 14.3 Å². The Morgan fingerprint density at radius 3 is 2.75 bits per heavy atom. The van der Waals surface area contributed by atoms with Crippen LogP contribution in [0.3, 0.4) is 0 Å². The van der Waals surface area contributed by atoms with Crippen molar-refractivity contribution >= 4 is 17.2 Å². The number of carbonyl (C=O) groups excluding carboxylic acids is 1. The van der Waals surface area contributed by atoms with E-state index in [1.165, 1.54) is 13.8 Å². The molecule has 0 aromatic carbocycles. The van der Waals surface area contributed by atoms with Crippen molar-refractivity contribution in [2.24, 2.45) is 0 Å². The molecule has 1 aromatic heterocycles. The fourth-order valence-corrected chi connectivity index (χ4v) is 1.72. The van der Waals surface area contributed by atoms with Crippen molar-refractivity contribution in [2.45, 2.75) is 26.4 Å². The van der Waals surface area contributed by atoms with Crippen LogP contribution in [0.1, 0.15) is 29.1 Å². The van der Waals surface area contributed by atoms with Crippen LogP contribution in [-0.2, 0) is 4.84 Å². The van der Waals surface area contributed by atoms with Gasteiger partial charge in [-0.2, -0.15) is 0 Å². The summed E-state index contributed by atoms with van der Waals surface area (Å²) in [5, 5.41) is 10.9. The summed E-state index contributed by atoms with van der Waals surface area (Å²) in [5.74, 6) is -1.17. The molecule has 0 radical (unpaired) electrons. The minimum absolute atomic E-state index is 0.0201. The van der Waals surface area contributed by atoms with Gasteiger partial charge < -0.3 is 5.11 Å². The van der Waals surface area contributed by atoms with E-state index in [1.807, 2.05) is 0 Å². The summed E-state index contributed by atoms with van der Waals surface area (Å²) in [4.78, 5) is 16.2. The molecule has 0 spiro atoms. The summed E-state index contributed by atoms with van der Waals surface area (Å²) in [6.07, 6.45) is 0. The van der Waals surface area contributed by atoms with Gasteiger partial charge in [0, 0.05) is 0 Å². The molecular formula is C10H14FNO3S. The van der Waals surface area contributed by atoms with E-state index in [0.717, 1.165) is 11.3 Å². The molecule has 6 heteroatoms. The van der Waals surface area contributed by atoms with Gasteiger partial charge in [0.2, 0.25) is 0 Å². The maximum atomic E-state index is 13.3. The molecule has 0 bridgehead atoms. The lowest BCUT2D eigenvalue weighted by Crippen LogP contribution is -2.33. The van der Waals surface area contributed by atoms with E-state index < -0.39 is 17.3 Å². The molecule has 0 unspecified atom stereocenters. The van der Waals surface area contributed by atoms with Crippen molar-refractivity contribution in [3.05, 3.63) is 21.6 Å². The first-order valence-electron chi connectivity index (χ1n) is 4.69. The van der Waals surface area contributed by atoms with Crippen LogP contribution in [0.25, 0.3) is 0 Å². The predicted octanol–water partition coefficient (Wildman–Crippen LogP) is 1.63. The molecule has 1 aromatic rings. The molecule has 0 saturated heterocycles. The smallest absolute Gasteiger partial charge is 0.287 e. The first-order valence-corrected chi connectivity index (χ1v) is 5.57. The minimum Gasteiger partial charge on any atom is -0.388 e. The van der Waals surface area contributed by atoms with Gasteiger partial charge in [-0.25, -0.2) is 9.87 Å². The zero-order chi connectivity index (χ0) is 12.3. The van der Waals surface area contributed by atoms with Gasteiger partial charge in [0.05, 0.1) is 5.60 Å². The number of aliphatic hydroxyl groups is 1. The highest BCUT2D eigenvalue weighted by molar-refractivity contribution is 7.12. The molecule has 0 saturated carbocycles. The highest BCUT2D eigenvalue weighted by Gasteiger charge is 2.18. The molecule has 0 aliphatic carbocycles. The van der Waals surface area contributed by atoms with Crippen molar-refractivity contribution in [1.29, 1.82) is 0 Å². The Hall–Kier alpha value is -0.980. The summed E-state index contributed by atoms with van der Waals surface area (Å²) >= 11 is 1.01. The molecule has 1 amide bonds. The Labute approximate surface area is 97.0 Å². The quantitative estimate of drug-likeness (QED) is 0.795. The first kappa shape index (κ1) is 13.1. The van der Waals surface area contributed by atoms with Crippen molar-refractivity contribution in [3.8, 4) is 0 Å². The average Bonchev–Trinajstić information content (AvgIpc) is 2.45. The lowest BCUT2D eigenvalue weighted by atomic mass is 10.2. The second kappa shape index (κ2) is 4.90. The number of hydrogen-bond acceptors (Lipinski definition) is 4. The number of aryl methyl sites for hydroxylation is 1. The topological polar surface area (TPSA) is 58.6 Å². The number of rotatable bonds is 4. The van der Waals surface area contributed by atoms with Crippen LogP contribution >= 0.6 is 11.3 Å². The highest BCUT2D eigenvalue weighted by atomic mass is 32.1. The van der Waals surface area contributed by atoms with Gasteiger partial charge in [-0.15, -0.1) is 11.3 Å². The Morgan fingerprint density at radius 2 is 2.31 bits per heavy atom. The largest absolute Gasteiger partial charge is 0.388 e. The van der Waals surface area contributed by atoms with Crippen LogP contribution in [0.5, 0.6) is 0 Å². The van der Waals surface area contributed by atoms with Gasteiger partial charge in [0.15, 0.2) is 0 Å². The summed E-state index contributed by atoms with van der Waals surface area (Å²) in [5.41, 5.74) is 1.47. The van der Waals surface area contributed by atoms with Crippen molar-refractivity contribution in [2.75, 3.05) is 6.61 Å². The SMILES string of the molecule is Cc1csc(C(=O)NOCC(C)(C)O)c1F. The zero-order valence-electron chi connectivity index (χ0n) is 9.33. The number of hydrogen-bond donors (Lipinski definition) is 2. The van der Waals surface area contributed by atoms with E-state index in [2.05, 4.69) is 5.48 Å². The molecule has 16 heavy (non-hydrogen) atoms. The van der Waals surface area contributed by atoms with Crippen LogP contribution in [0, 0.1) is 12.7 Å². The molecule has 1 heterocycles. The molecule has 0 atom stereocenters. The molecule has 4 nitrogen and oxygen atoms in total. The van der Waals surface area contributed by atoms with Crippen LogP contribution in [0.4, 0.5) is 4.39 Å². The van der Waals surface area contributed by atoms with Gasteiger partial charge in [-0.3, -0.25) is 9.63 Å². The van der Waals surface area contributed by atoms with E-state index >= 15 is 0 Å². The monoisotopic (exact) mass is 247 g/mol. The van der Waals surface area contributed by atoms with Crippen molar-refractivity contribution in [3.63, 3.8) is 0 Å². The Balaban J connectivity index is 2.51. The summed E-state index contributed by atoms with van der Waals surface area (Å²) in [6.45, 7) is 4.59. The van der Waals surface area contributed by atoms with Gasteiger partial charge in [0.25, 0.3) is 5.91 Å². The van der Waals surface area contributed by atoms with E-state index in [0.29, 0.717) is 5.56 Å². The van der Waals surface area contributed by atoms with Gasteiger partial charge in [-0.05, 0) is 31.7 Å². The lowest BCUT2D eigenvalue weighted by Gasteiger charge is -2.16. The summed E-state index contributed by atoms with van der Waals surface area (Å²) < 4.78 is 13.3. The van der Waals surface area contributed by atoms with E-state index in [1.54, 1.807) is 12.3 Å². The van der Waals surface area contributed by atoms with E-state index in [-0.39, 0.29) is 11.5 Å². The third-order valence-corrected chi connectivity index (χ3v) is 2.77. The van der Waals surface area contributed by atoms with Crippen LogP contribution in [0.15, 0.2) is 5.38 Å². The van der Waals surface area contributed by atoms with Crippen molar-refractivity contribution in [1.82, 2.24) is 5.48 Å². The molecule has 0 aliphatic rings. The fraction of sp³-hybridized carbons (Fsp3) is 0.500. The second-order valence-corrected chi connectivity index (χ2v) is 4.97. The lowest BCUT2D eigenvalue weighted by molar-refractivity contribution is -0.0522. The number of nitrogens with one attached hydrogen (secondary N) is 1. The summed E-state index contributed by atoms with van der Waals surface area (Å²) in [7, 11) is 0. The van der Waals surface area contributed by atoms with E-state index in [4.69, 9.17) is 4.84 Å². The third-order valence-electron chi connectivity index (χ3n) is 1.70. The maximum Gasteiger partial charge on any atom is 0.287 e.